The highest BCUT2D eigenvalue weighted by Crippen LogP contribution is 2.32. The number of nitro groups is 1. The number of nitrogen functional groups attached to an aromatic ring is 1. The van der Waals surface area contributed by atoms with Crippen LogP contribution in [0.5, 0.6) is 11.5 Å². The van der Waals surface area contributed by atoms with E-state index in [4.69, 9.17) is 15.2 Å². The van der Waals surface area contributed by atoms with Crippen LogP contribution in [0, 0.1) is 27.3 Å². The van der Waals surface area contributed by atoms with Crippen LogP contribution in [0.25, 0.3) is 5.69 Å². The first-order chi connectivity index (χ1) is 13.8. The minimum Gasteiger partial charge on any atom is -0.464 e. The number of nitrogens with two attached hydrogens (primary N) is 1. The number of nitro benzene ring substituents is 1. The topological polar surface area (TPSA) is 133 Å². The van der Waals surface area contributed by atoms with E-state index in [1.807, 2.05) is 6.07 Å². The SMILES string of the molecule is COC(=O)c1c(N)c(C#N)cn1-c1cc(Oc2ccc(F)cc2)cc([N+](=O)[O-])c1. The van der Waals surface area contributed by atoms with Crippen LogP contribution in [0.4, 0.5) is 15.8 Å². The minimum absolute atomic E-state index is 0.00194. The molecule has 0 amide bonds. The molecule has 1 heterocycles. The Kier molecular flexibility index (Phi) is 5.14. The molecule has 0 fully saturated rings. The summed E-state index contributed by atoms with van der Waals surface area (Å²) in [6.07, 6.45) is 1.27. The second-order valence-electron chi connectivity index (χ2n) is 5.78. The molecule has 0 bridgehead atoms. The fourth-order valence-corrected chi connectivity index (χ4v) is 2.63. The maximum atomic E-state index is 13.1. The molecule has 3 rings (SSSR count). The summed E-state index contributed by atoms with van der Waals surface area (Å²) in [5.41, 5.74) is 5.39. The number of ether oxygens (including phenoxy) is 2. The monoisotopic (exact) mass is 396 g/mol. The summed E-state index contributed by atoms with van der Waals surface area (Å²) in [5, 5.41) is 20.6. The predicted octanol–water partition coefficient (Wildman–Crippen LogP) is 3.56. The zero-order valence-electron chi connectivity index (χ0n) is 15.0. The summed E-state index contributed by atoms with van der Waals surface area (Å²) < 4.78 is 24.6. The average molecular weight is 396 g/mol. The molecule has 0 radical (unpaired) electrons. The maximum Gasteiger partial charge on any atom is 0.357 e. The molecule has 9 nitrogen and oxygen atoms in total. The number of halogens is 1. The number of rotatable bonds is 5. The van der Waals surface area contributed by atoms with Crippen LogP contribution in [-0.4, -0.2) is 22.6 Å². The van der Waals surface area contributed by atoms with E-state index in [2.05, 4.69) is 0 Å². The second-order valence-corrected chi connectivity index (χ2v) is 5.78. The molecule has 1 aromatic heterocycles. The van der Waals surface area contributed by atoms with Gasteiger partial charge in [-0.1, -0.05) is 0 Å². The molecule has 0 saturated heterocycles. The maximum absolute atomic E-state index is 13.1. The Morgan fingerprint density at radius 1 is 1.24 bits per heavy atom. The van der Waals surface area contributed by atoms with Crippen molar-refractivity contribution >= 4 is 17.3 Å². The Labute approximate surface area is 163 Å². The van der Waals surface area contributed by atoms with Crippen molar-refractivity contribution in [3.63, 3.8) is 0 Å². The van der Waals surface area contributed by atoms with E-state index in [1.54, 1.807) is 0 Å². The van der Waals surface area contributed by atoms with Crippen molar-refractivity contribution in [2.75, 3.05) is 12.8 Å². The Morgan fingerprint density at radius 3 is 2.52 bits per heavy atom. The van der Waals surface area contributed by atoms with E-state index in [9.17, 15) is 24.6 Å². The Balaban J connectivity index is 2.16. The standard InChI is InChI=1S/C19H13FN4O5/c1-28-19(25)18-17(22)11(9-21)10-23(18)13-6-14(24(26)27)8-16(7-13)29-15-4-2-12(20)3-5-15/h2-8,10H,22H2,1H3. The molecule has 2 N–H and O–H groups in total. The summed E-state index contributed by atoms with van der Waals surface area (Å²) >= 11 is 0. The molecule has 29 heavy (non-hydrogen) atoms. The van der Waals surface area contributed by atoms with Crippen LogP contribution in [0.15, 0.2) is 48.7 Å². The first-order valence-corrected chi connectivity index (χ1v) is 8.06. The quantitative estimate of drug-likeness (QED) is 0.396. The van der Waals surface area contributed by atoms with Gasteiger partial charge in [-0.15, -0.1) is 0 Å². The Morgan fingerprint density at radius 2 is 1.93 bits per heavy atom. The third-order valence-electron chi connectivity index (χ3n) is 3.96. The number of non-ortho nitro benzene ring substituents is 1. The highest BCUT2D eigenvalue weighted by Gasteiger charge is 2.23. The van der Waals surface area contributed by atoms with Crippen LogP contribution in [-0.2, 0) is 4.74 Å². The van der Waals surface area contributed by atoms with Crippen molar-refractivity contribution in [1.82, 2.24) is 4.57 Å². The highest BCUT2D eigenvalue weighted by atomic mass is 19.1. The van der Waals surface area contributed by atoms with Gasteiger partial charge in [0.2, 0.25) is 0 Å². The zero-order valence-corrected chi connectivity index (χ0v) is 15.0. The van der Waals surface area contributed by atoms with Crippen molar-refractivity contribution in [2.24, 2.45) is 0 Å². The molecule has 146 valence electrons. The predicted molar refractivity (Wildman–Crippen MR) is 99.4 cm³/mol. The molecule has 0 spiro atoms. The van der Waals surface area contributed by atoms with Crippen molar-refractivity contribution in [3.8, 4) is 23.3 Å². The van der Waals surface area contributed by atoms with Gasteiger partial charge in [-0.3, -0.25) is 10.1 Å². The Bertz CT molecular complexity index is 1150. The lowest BCUT2D eigenvalue weighted by Gasteiger charge is -2.11. The number of esters is 1. The van der Waals surface area contributed by atoms with Gasteiger partial charge >= 0.3 is 5.97 Å². The van der Waals surface area contributed by atoms with Crippen molar-refractivity contribution in [3.05, 3.63) is 75.9 Å². The van der Waals surface area contributed by atoms with Crippen molar-refractivity contribution < 1.29 is 23.6 Å². The number of benzene rings is 2. The molecule has 0 aliphatic carbocycles. The first kappa shape index (κ1) is 19.4. The zero-order chi connectivity index (χ0) is 21.1. The number of anilines is 1. The summed E-state index contributed by atoms with van der Waals surface area (Å²) in [6, 6.07) is 10.7. The lowest BCUT2D eigenvalue weighted by Crippen LogP contribution is -2.11. The van der Waals surface area contributed by atoms with Gasteiger partial charge in [0.05, 0.1) is 35.0 Å². The number of methoxy groups -OCH3 is 1. The highest BCUT2D eigenvalue weighted by molar-refractivity contribution is 5.96. The molecule has 3 aromatic rings. The van der Waals surface area contributed by atoms with E-state index in [1.165, 1.54) is 53.2 Å². The molecule has 0 unspecified atom stereocenters. The number of hydrogen-bond acceptors (Lipinski definition) is 7. The number of carbonyl (C=O) groups is 1. The molecular formula is C19H13FN4O5. The number of hydrogen-bond donors (Lipinski definition) is 1. The van der Waals surface area contributed by atoms with E-state index in [-0.39, 0.29) is 39.8 Å². The van der Waals surface area contributed by atoms with Gasteiger partial charge in [0.1, 0.15) is 23.4 Å². The van der Waals surface area contributed by atoms with E-state index in [0.717, 1.165) is 7.11 Å². The van der Waals surface area contributed by atoms with Gasteiger partial charge in [-0.05, 0) is 24.3 Å². The third kappa shape index (κ3) is 3.84. The molecule has 10 heteroatoms. The van der Waals surface area contributed by atoms with Gasteiger partial charge < -0.3 is 19.8 Å². The summed E-state index contributed by atoms with van der Waals surface area (Å²) in [7, 11) is 1.14. The molecule has 0 aliphatic heterocycles. The fourth-order valence-electron chi connectivity index (χ4n) is 2.63. The first-order valence-electron chi connectivity index (χ1n) is 8.06. The third-order valence-corrected chi connectivity index (χ3v) is 3.96. The Hall–Kier alpha value is -4.39. The fraction of sp³-hybridized carbons (Fsp3) is 0.0526. The largest absolute Gasteiger partial charge is 0.464 e. The number of nitriles is 1. The number of carbonyl (C=O) groups excluding carboxylic acids is 1. The summed E-state index contributed by atoms with van der Waals surface area (Å²) in [4.78, 5) is 22.9. The second kappa shape index (κ2) is 7.69. The molecule has 0 saturated carbocycles. The van der Waals surface area contributed by atoms with Crippen LogP contribution < -0.4 is 10.5 Å². The van der Waals surface area contributed by atoms with Gasteiger partial charge in [0, 0.05) is 18.3 Å². The van der Waals surface area contributed by atoms with Crippen molar-refractivity contribution in [2.45, 2.75) is 0 Å². The summed E-state index contributed by atoms with van der Waals surface area (Å²) in [5.74, 6) is -0.985. The van der Waals surface area contributed by atoms with Crippen LogP contribution in [0.2, 0.25) is 0 Å². The van der Waals surface area contributed by atoms with Crippen LogP contribution in [0.3, 0.4) is 0 Å². The van der Waals surface area contributed by atoms with Crippen molar-refractivity contribution in [1.29, 1.82) is 5.26 Å². The lowest BCUT2D eigenvalue weighted by molar-refractivity contribution is -0.384. The van der Waals surface area contributed by atoms with E-state index < -0.39 is 16.7 Å². The lowest BCUT2D eigenvalue weighted by atomic mass is 10.2. The van der Waals surface area contributed by atoms with Gasteiger partial charge in [0.15, 0.2) is 5.69 Å². The number of nitrogens with zero attached hydrogens (tertiary/aromatic N) is 3. The minimum atomic E-state index is -0.823. The summed E-state index contributed by atoms with van der Waals surface area (Å²) in [6.45, 7) is 0. The smallest absolute Gasteiger partial charge is 0.357 e. The number of aromatic nitrogens is 1. The molecule has 2 aromatic carbocycles. The van der Waals surface area contributed by atoms with Crippen LogP contribution >= 0.6 is 0 Å². The van der Waals surface area contributed by atoms with E-state index >= 15 is 0 Å². The molecular weight excluding hydrogens is 383 g/mol. The van der Waals surface area contributed by atoms with Gasteiger partial charge in [-0.2, -0.15) is 5.26 Å². The normalized spacial score (nSPS) is 10.2. The average Bonchev–Trinajstić information content (AvgIpc) is 3.05. The molecule has 0 atom stereocenters. The van der Waals surface area contributed by atoms with Gasteiger partial charge in [-0.25, -0.2) is 9.18 Å². The van der Waals surface area contributed by atoms with Crippen LogP contribution in [0.1, 0.15) is 16.1 Å². The molecule has 0 aliphatic rings. The van der Waals surface area contributed by atoms with Gasteiger partial charge in [0.25, 0.3) is 5.69 Å². The van der Waals surface area contributed by atoms with E-state index in [0.29, 0.717) is 0 Å².